The maximum absolute atomic E-state index is 12.8. The van der Waals surface area contributed by atoms with Crippen LogP contribution in [0.1, 0.15) is 44.3 Å². The highest BCUT2D eigenvalue weighted by molar-refractivity contribution is 5.91. The first-order chi connectivity index (χ1) is 22.7. The Morgan fingerprint density at radius 2 is 1.62 bits per heavy atom. The highest BCUT2D eigenvalue weighted by Gasteiger charge is 2.41. The molecule has 0 radical (unpaired) electrons. The van der Waals surface area contributed by atoms with E-state index in [1.165, 1.54) is 31.4 Å². The largest absolute Gasteiger partial charge is 0.481 e. The van der Waals surface area contributed by atoms with Gasteiger partial charge in [0.15, 0.2) is 6.10 Å². The van der Waals surface area contributed by atoms with E-state index in [0.717, 1.165) is 35.4 Å². The lowest BCUT2D eigenvalue weighted by Gasteiger charge is -2.17. The summed E-state index contributed by atoms with van der Waals surface area (Å²) < 4.78 is 100. The highest BCUT2D eigenvalue weighted by atomic mass is 19.4. The fraction of sp³-hybridized carbons (Fsp3) is 0.265. The maximum atomic E-state index is 12.8. The van der Waals surface area contributed by atoms with E-state index in [4.69, 9.17) is 19.4 Å². The molecule has 0 amide bonds. The van der Waals surface area contributed by atoms with E-state index in [0.29, 0.717) is 35.6 Å². The fourth-order valence-corrected chi connectivity index (χ4v) is 5.39. The zero-order valence-electron chi connectivity index (χ0n) is 25.3. The second kappa shape index (κ2) is 13.6. The SMILES string of the molecule is COc1ncc(-c2ccc(C(=O)O)cc2C)cc1-c1ccc(C(F)(F)F)cc1.FCc1cc(C2ON=C3COCC32)cc(C(F)(F)F)c1. The number of rotatable bonds is 6. The number of nitrogens with zero attached hydrogens (tertiary/aromatic N) is 2. The number of benzene rings is 3. The second-order valence-corrected chi connectivity index (χ2v) is 11.0. The number of aryl methyl sites for hydroxylation is 1. The number of aromatic nitrogens is 1. The Balaban J connectivity index is 0.000000198. The van der Waals surface area contributed by atoms with Crippen molar-refractivity contribution in [1.29, 1.82) is 0 Å². The predicted octanol–water partition coefficient (Wildman–Crippen LogP) is 8.70. The number of carboxylic acids is 1. The molecule has 2 unspecified atom stereocenters. The molecule has 1 saturated heterocycles. The molecule has 7 nitrogen and oxygen atoms in total. The maximum Gasteiger partial charge on any atom is 0.416 e. The molecule has 252 valence electrons. The Hall–Kier alpha value is -4.98. The number of aromatic carboxylic acids is 1. The summed E-state index contributed by atoms with van der Waals surface area (Å²) in [5.74, 6) is -0.929. The molecule has 1 aromatic heterocycles. The third-order valence-electron chi connectivity index (χ3n) is 7.80. The number of oxime groups is 1. The van der Waals surface area contributed by atoms with E-state index in [2.05, 4.69) is 10.1 Å². The molecule has 3 heterocycles. The van der Waals surface area contributed by atoms with Gasteiger partial charge in [-0.15, -0.1) is 0 Å². The molecule has 14 heteroatoms. The molecule has 48 heavy (non-hydrogen) atoms. The molecule has 4 aromatic rings. The fourth-order valence-electron chi connectivity index (χ4n) is 5.39. The van der Waals surface area contributed by atoms with Crippen molar-refractivity contribution in [3.63, 3.8) is 0 Å². The molecule has 2 aliphatic heterocycles. The van der Waals surface area contributed by atoms with Gasteiger partial charge >= 0.3 is 18.3 Å². The number of pyridine rings is 1. The van der Waals surface area contributed by atoms with Crippen molar-refractivity contribution in [1.82, 2.24) is 4.98 Å². The first kappa shape index (κ1) is 34.4. The summed E-state index contributed by atoms with van der Waals surface area (Å²) in [5, 5.41) is 12.9. The smallest absolute Gasteiger partial charge is 0.416 e. The Morgan fingerprint density at radius 1 is 0.917 bits per heavy atom. The zero-order chi connectivity index (χ0) is 34.8. The number of carbonyl (C=O) groups is 1. The summed E-state index contributed by atoms with van der Waals surface area (Å²) in [4.78, 5) is 20.6. The standard InChI is InChI=1S/C21H16F3NO3.C13H11F4NO2/c1-12-9-14(20(26)27)5-8-17(12)15-10-18(19(28-2)25-11-15)13-3-6-16(7-4-13)21(22,23)24;14-4-7-1-8(3-9(2-7)13(15,16)17)12-10-5-19-6-11(10)18-20-12/h3-11H,1-2H3,(H,26,27);1-3,10,12H,4-6H2. The minimum atomic E-state index is -4.52. The van der Waals surface area contributed by atoms with Crippen LogP contribution in [-0.2, 0) is 28.6 Å². The van der Waals surface area contributed by atoms with Crippen LogP contribution in [0.5, 0.6) is 5.88 Å². The summed E-state index contributed by atoms with van der Waals surface area (Å²) in [5.41, 5.74) is 2.78. The van der Waals surface area contributed by atoms with Crippen LogP contribution < -0.4 is 4.74 Å². The topological polar surface area (TPSA) is 90.2 Å². The summed E-state index contributed by atoms with van der Waals surface area (Å²) in [6.45, 7) is 1.50. The number of methoxy groups -OCH3 is 1. The van der Waals surface area contributed by atoms with E-state index >= 15 is 0 Å². The molecule has 2 aliphatic rings. The van der Waals surface area contributed by atoms with Crippen molar-refractivity contribution in [3.8, 4) is 28.1 Å². The molecule has 0 spiro atoms. The monoisotopic (exact) mass is 676 g/mol. The van der Waals surface area contributed by atoms with Crippen molar-refractivity contribution < 1.29 is 54.9 Å². The number of ether oxygens (including phenoxy) is 2. The lowest BCUT2D eigenvalue weighted by molar-refractivity contribution is -0.138. The predicted molar refractivity (Wildman–Crippen MR) is 160 cm³/mol. The Morgan fingerprint density at radius 3 is 2.23 bits per heavy atom. The lowest BCUT2D eigenvalue weighted by Crippen LogP contribution is -2.16. The normalized spacial score (nSPS) is 17.1. The molecule has 0 saturated carbocycles. The van der Waals surface area contributed by atoms with Crippen LogP contribution in [0.3, 0.4) is 0 Å². The van der Waals surface area contributed by atoms with Gasteiger partial charge in [-0.3, -0.25) is 0 Å². The summed E-state index contributed by atoms with van der Waals surface area (Å²) in [6, 6.07) is 14.4. The van der Waals surface area contributed by atoms with Gasteiger partial charge < -0.3 is 19.4 Å². The molecule has 1 N–H and O–H groups in total. The van der Waals surface area contributed by atoms with Crippen molar-refractivity contribution in [2.45, 2.75) is 32.1 Å². The first-order valence-corrected chi connectivity index (χ1v) is 14.3. The third-order valence-corrected chi connectivity index (χ3v) is 7.80. The van der Waals surface area contributed by atoms with Crippen LogP contribution in [-0.4, -0.2) is 42.1 Å². The highest BCUT2D eigenvalue weighted by Crippen LogP contribution is 2.40. The minimum Gasteiger partial charge on any atom is -0.481 e. The van der Waals surface area contributed by atoms with Crippen LogP contribution in [0.15, 0.2) is 78.1 Å². The van der Waals surface area contributed by atoms with Gasteiger partial charge in [-0.2, -0.15) is 26.3 Å². The molecular weight excluding hydrogens is 649 g/mol. The van der Waals surface area contributed by atoms with Crippen molar-refractivity contribution in [2.24, 2.45) is 11.1 Å². The second-order valence-electron chi connectivity index (χ2n) is 11.0. The van der Waals surface area contributed by atoms with Crippen LogP contribution in [0, 0.1) is 12.8 Å². The molecule has 3 aromatic carbocycles. The number of hydrogen-bond acceptors (Lipinski definition) is 6. The van der Waals surface area contributed by atoms with Crippen molar-refractivity contribution in [3.05, 3.63) is 106 Å². The van der Waals surface area contributed by atoms with E-state index in [-0.39, 0.29) is 28.5 Å². The van der Waals surface area contributed by atoms with Crippen molar-refractivity contribution >= 4 is 11.7 Å². The van der Waals surface area contributed by atoms with Gasteiger partial charge in [0.2, 0.25) is 5.88 Å². The van der Waals surface area contributed by atoms with E-state index in [1.807, 2.05) is 0 Å². The van der Waals surface area contributed by atoms with E-state index in [9.17, 15) is 35.5 Å². The Bertz CT molecular complexity index is 1840. The molecule has 0 bridgehead atoms. The third kappa shape index (κ3) is 7.43. The first-order valence-electron chi connectivity index (χ1n) is 14.3. The lowest BCUT2D eigenvalue weighted by atomic mass is 9.92. The van der Waals surface area contributed by atoms with E-state index < -0.39 is 42.2 Å². The van der Waals surface area contributed by atoms with Crippen LogP contribution in [0.4, 0.5) is 30.7 Å². The minimum absolute atomic E-state index is 0.0224. The van der Waals surface area contributed by atoms with Gasteiger partial charge in [-0.25, -0.2) is 14.2 Å². The molecule has 0 aliphatic carbocycles. The number of hydrogen-bond donors (Lipinski definition) is 1. The Labute approximate surface area is 269 Å². The van der Waals surface area contributed by atoms with Crippen LogP contribution >= 0.6 is 0 Å². The van der Waals surface area contributed by atoms with Crippen molar-refractivity contribution in [2.75, 3.05) is 20.3 Å². The van der Waals surface area contributed by atoms with Crippen LogP contribution in [0.25, 0.3) is 22.3 Å². The molecule has 6 rings (SSSR count). The average Bonchev–Trinajstić information content (AvgIpc) is 3.68. The number of alkyl halides is 7. The molecular formula is C34H27F7N2O5. The average molecular weight is 677 g/mol. The van der Waals surface area contributed by atoms with Gasteiger partial charge in [-0.1, -0.05) is 23.4 Å². The quantitative estimate of drug-likeness (QED) is 0.206. The molecule has 2 atom stereocenters. The molecule has 1 fully saturated rings. The number of carboxylic acid groups (broad SMARTS) is 1. The van der Waals surface area contributed by atoms with Gasteiger partial charge in [0.05, 0.1) is 48.6 Å². The Kier molecular flexibility index (Phi) is 9.76. The number of fused-ring (bicyclic) bond motifs is 1. The van der Waals surface area contributed by atoms with Gasteiger partial charge in [0.25, 0.3) is 0 Å². The van der Waals surface area contributed by atoms with Gasteiger partial charge in [0, 0.05) is 17.3 Å². The van der Waals surface area contributed by atoms with Crippen LogP contribution in [0.2, 0.25) is 0 Å². The van der Waals surface area contributed by atoms with Gasteiger partial charge in [0.1, 0.15) is 6.67 Å². The zero-order valence-corrected chi connectivity index (χ0v) is 25.3. The number of halogens is 7. The summed E-state index contributed by atoms with van der Waals surface area (Å²) in [7, 11) is 1.43. The van der Waals surface area contributed by atoms with Gasteiger partial charge in [-0.05, 0) is 83.3 Å². The summed E-state index contributed by atoms with van der Waals surface area (Å²) in [6.07, 6.45) is -7.99. The summed E-state index contributed by atoms with van der Waals surface area (Å²) >= 11 is 0. The van der Waals surface area contributed by atoms with E-state index in [1.54, 1.807) is 31.3 Å².